The van der Waals surface area contributed by atoms with E-state index in [2.05, 4.69) is 78.5 Å². The maximum Gasteiger partial charge on any atom is 0.0584 e. The summed E-state index contributed by atoms with van der Waals surface area (Å²) in [6, 6.07) is 17.4. The maximum atomic E-state index is 9.38. The summed E-state index contributed by atoms with van der Waals surface area (Å²) < 4.78 is 2.32. The Bertz CT molecular complexity index is 802. The summed E-state index contributed by atoms with van der Waals surface area (Å²) in [5, 5.41) is 14.1. The minimum Gasteiger partial charge on any atom is -0.395 e. The Morgan fingerprint density at radius 2 is 1.96 bits per heavy atom. The standard InChI is InChI=1S/C21H26N2O/c1-3-19(15-24)22-12-18-14-23(21-10-5-4-9-20(18)21)13-17-8-6-7-16(2)11-17/h4-11,14,19,22,24H,3,12-13,15H2,1-2H3/t19-/m1/s1. The van der Waals surface area contributed by atoms with Crippen molar-refractivity contribution in [3.8, 4) is 0 Å². The van der Waals surface area contributed by atoms with E-state index in [1.807, 2.05) is 0 Å². The third-order valence-corrected chi connectivity index (χ3v) is 4.60. The van der Waals surface area contributed by atoms with Crippen LogP contribution in [0.1, 0.15) is 30.0 Å². The number of hydrogen-bond donors (Lipinski definition) is 2. The zero-order valence-electron chi connectivity index (χ0n) is 14.5. The highest BCUT2D eigenvalue weighted by Crippen LogP contribution is 2.22. The van der Waals surface area contributed by atoms with Gasteiger partial charge in [0.2, 0.25) is 0 Å². The number of rotatable bonds is 7. The summed E-state index contributed by atoms with van der Waals surface area (Å²) in [6.45, 7) is 6.06. The molecule has 3 nitrogen and oxygen atoms in total. The molecule has 0 fully saturated rings. The fourth-order valence-corrected chi connectivity index (χ4v) is 3.19. The first-order valence-corrected chi connectivity index (χ1v) is 8.67. The Hall–Kier alpha value is -2.10. The summed E-state index contributed by atoms with van der Waals surface area (Å²) in [5.74, 6) is 0. The molecule has 0 unspecified atom stereocenters. The minimum atomic E-state index is 0.156. The molecule has 1 heterocycles. The number of aryl methyl sites for hydroxylation is 1. The second kappa shape index (κ2) is 7.65. The molecule has 3 rings (SSSR count). The van der Waals surface area contributed by atoms with Crippen LogP contribution in [0, 0.1) is 6.92 Å². The molecule has 0 aliphatic carbocycles. The Morgan fingerprint density at radius 3 is 2.71 bits per heavy atom. The average Bonchev–Trinajstić information content (AvgIpc) is 2.94. The molecular formula is C21H26N2O. The third-order valence-electron chi connectivity index (χ3n) is 4.60. The van der Waals surface area contributed by atoms with E-state index in [4.69, 9.17) is 0 Å². The van der Waals surface area contributed by atoms with E-state index in [-0.39, 0.29) is 12.6 Å². The first kappa shape index (κ1) is 16.7. The van der Waals surface area contributed by atoms with Crippen molar-refractivity contribution in [3.05, 3.63) is 71.4 Å². The van der Waals surface area contributed by atoms with Crippen LogP contribution in [0.15, 0.2) is 54.7 Å². The van der Waals surface area contributed by atoms with Crippen molar-refractivity contribution in [3.63, 3.8) is 0 Å². The zero-order valence-corrected chi connectivity index (χ0v) is 14.5. The maximum absolute atomic E-state index is 9.38. The number of fused-ring (bicyclic) bond motifs is 1. The van der Waals surface area contributed by atoms with Crippen LogP contribution >= 0.6 is 0 Å². The first-order chi connectivity index (χ1) is 11.7. The molecule has 0 amide bonds. The molecule has 0 aliphatic rings. The number of hydrogen-bond acceptors (Lipinski definition) is 2. The van der Waals surface area contributed by atoms with Gasteiger partial charge in [0.25, 0.3) is 0 Å². The Labute approximate surface area is 143 Å². The van der Waals surface area contributed by atoms with Crippen molar-refractivity contribution < 1.29 is 5.11 Å². The fraction of sp³-hybridized carbons (Fsp3) is 0.333. The summed E-state index contributed by atoms with van der Waals surface area (Å²) in [4.78, 5) is 0. The molecule has 0 bridgehead atoms. The minimum absolute atomic E-state index is 0.156. The first-order valence-electron chi connectivity index (χ1n) is 8.67. The lowest BCUT2D eigenvalue weighted by atomic mass is 10.1. The molecule has 0 aliphatic heterocycles. The second-order valence-electron chi connectivity index (χ2n) is 6.46. The number of nitrogens with zero attached hydrogens (tertiary/aromatic N) is 1. The van der Waals surface area contributed by atoms with Crippen LogP contribution in [-0.4, -0.2) is 22.3 Å². The van der Waals surface area contributed by atoms with Crippen molar-refractivity contribution in [2.45, 2.75) is 39.4 Å². The van der Waals surface area contributed by atoms with Crippen LogP contribution in [0.4, 0.5) is 0 Å². The molecule has 0 saturated heterocycles. The van der Waals surface area contributed by atoms with Gasteiger partial charge in [0.05, 0.1) is 6.61 Å². The predicted octanol–water partition coefficient (Wildman–Crippen LogP) is 3.86. The lowest BCUT2D eigenvalue weighted by Crippen LogP contribution is -2.31. The van der Waals surface area contributed by atoms with E-state index >= 15 is 0 Å². The van der Waals surface area contributed by atoms with Crippen molar-refractivity contribution in [2.75, 3.05) is 6.61 Å². The van der Waals surface area contributed by atoms with Crippen molar-refractivity contribution in [2.24, 2.45) is 0 Å². The van der Waals surface area contributed by atoms with E-state index in [1.54, 1.807) is 0 Å². The molecular weight excluding hydrogens is 296 g/mol. The van der Waals surface area contributed by atoms with Crippen molar-refractivity contribution in [1.82, 2.24) is 9.88 Å². The van der Waals surface area contributed by atoms with Gasteiger partial charge in [0, 0.05) is 36.2 Å². The SMILES string of the molecule is CC[C@H](CO)NCc1cn(Cc2cccc(C)c2)c2ccccc12. The predicted molar refractivity (Wildman–Crippen MR) is 100 cm³/mol. The van der Waals surface area contributed by atoms with E-state index in [0.717, 1.165) is 19.5 Å². The number of benzene rings is 2. The molecule has 3 heteroatoms. The highest BCUT2D eigenvalue weighted by atomic mass is 16.3. The van der Waals surface area contributed by atoms with Gasteiger partial charge in [0.1, 0.15) is 0 Å². The summed E-state index contributed by atoms with van der Waals surface area (Å²) in [5.41, 5.74) is 5.15. The quantitative estimate of drug-likeness (QED) is 0.693. The van der Waals surface area contributed by atoms with Crippen LogP contribution in [0.25, 0.3) is 10.9 Å². The molecule has 0 radical (unpaired) electrons. The molecule has 24 heavy (non-hydrogen) atoms. The number of para-hydroxylation sites is 1. The number of aliphatic hydroxyl groups is 1. The molecule has 0 spiro atoms. The summed E-state index contributed by atoms with van der Waals surface area (Å²) in [7, 11) is 0. The molecule has 0 saturated carbocycles. The van der Waals surface area contributed by atoms with Gasteiger partial charge in [-0.15, -0.1) is 0 Å². The zero-order chi connectivity index (χ0) is 16.9. The lowest BCUT2D eigenvalue weighted by Gasteiger charge is -2.13. The van der Waals surface area contributed by atoms with Crippen LogP contribution in [0.3, 0.4) is 0 Å². The van der Waals surface area contributed by atoms with Gasteiger partial charge in [-0.3, -0.25) is 0 Å². The highest BCUT2D eigenvalue weighted by molar-refractivity contribution is 5.84. The van der Waals surface area contributed by atoms with Crippen LogP contribution in [0.2, 0.25) is 0 Å². The molecule has 2 aromatic carbocycles. The van der Waals surface area contributed by atoms with Crippen LogP contribution in [-0.2, 0) is 13.1 Å². The van der Waals surface area contributed by atoms with Gasteiger partial charge in [-0.1, -0.05) is 55.0 Å². The van der Waals surface area contributed by atoms with Gasteiger partial charge < -0.3 is 15.0 Å². The number of aromatic nitrogens is 1. The van der Waals surface area contributed by atoms with Crippen molar-refractivity contribution in [1.29, 1.82) is 0 Å². The van der Waals surface area contributed by atoms with E-state index < -0.39 is 0 Å². The monoisotopic (exact) mass is 322 g/mol. The molecule has 3 aromatic rings. The van der Waals surface area contributed by atoms with E-state index in [0.29, 0.717) is 0 Å². The van der Waals surface area contributed by atoms with Gasteiger partial charge >= 0.3 is 0 Å². The van der Waals surface area contributed by atoms with Crippen LogP contribution < -0.4 is 5.32 Å². The summed E-state index contributed by atoms with van der Waals surface area (Å²) >= 11 is 0. The number of aliphatic hydroxyl groups excluding tert-OH is 1. The largest absolute Gasteiger partial charge is 0.395 e. The molecule has 1 aromatic heterocycles. The molecule has 126 valence electrons. The second-order valence-corrected chi connectivity index (χ2v) is 6.46. The Balaban J connectivity index is 1.88. The highest BCUT2D eigenvalue weighted by Gasteiger charge is 2.10. The topological polar surface area (TPSA) is 37.2 Å². The third kappa shape index (κ3) is 3.69. The number of nitrogens with one attached hydrogen (secondary N) is 1. The normalized spacial score (nSPS) is 12.6. The molecule has 2 N–H and O–H groups in total. The Kier molecular flexibility index (Phi) is 5.34. The van der Waals surface area contributed by atoms with Gasteiger partial charge in [-0.2, -0.15) is 0 Å². The van der Waals surface area contributed by atoms with Gasteiger partial charge in [0.15, 0.2) is 0 Å². The average molecular weight is 322 g/mol. The van der Waals surface area contributed by atoms with Gasteiger partial charge in [-0.25, -0.2) is 0 Å². The molecule has 1 atom stereocenters. The van der Waals surface area contributed by atoms with Crippen LogP contribution in [0.5, 0.6) is 0 Å². The van der Waals surface area contributed by atoms with Gasteiger partial charge in [-0.05, 0) is 30.5 Å². The van der Waals surface area contributed by atoms with E-state index in [9.17, 15) is 5.11 Å². The smallest absolute Gasteiger partial charge is 0.0584 e. The van der Waals surface area contributed by atoms with E-state index in [1.165, 1.54) is 27.6 Å². The Morgan fingerprint density at radius 1 is 1.12 bits per heavy atom. The van der Waals surface area contributed by atoms with Crippen molar-refractivity contribution >= 4 is 10.9 Å². The summed E-state index contributed by atoms with van der Waals surface area (Å²) in [6.07, 6.45) is 3.17. The fourth-order valence-electron chi connectivity index (χ4n) is 3.19. The lowest BCUT2D eigenvalue weighted by molar-refractivity contribution is 0.238.